The lowest BCUT2D eigenvalue weighted by Gasteiger charge is -2.13. The molecule has 0 saturated heterocycles. The number of benzene rings is 4. The Labute approximate surface area is 204 Å². The zero-order valence-electron chi connectivity index (χ0n) is 19.6. The van der Waals surface area contributed by atoms with Crippen LogP contribution in [-0.2, 0) is 16.1 Å². The zero-order valence-corrected chi connectivity index (χ0v) is 19.6. The van der Waals surface area contributed by atoms with E-state index in [0.29, 0.717) is 31.1 Å². The van der Waals surface area contributed by atoms with Crippen molar-refractivity contribution in [3.05, 3.63) is 108 Å². The van der Waals surface area contributed by atoms with Crippen LogP contribution < -0.4 is 15.4 Å². The van der Waals surface area contributed by atoms with Gasteiger partial charge in [-0.15, -0.1) is 0 Å². The van der Waals surface area contributed by atoms with E-state index in [4.69, 9.17) is 9.47 Å². The standard InChI is InChI=1S/C29H28N2O4/c1-21-8-7-11-23(18-21)31-29(33)26-14-15-27(25-13-6-5-12-24(25)26)35-20-28(32)30-16-17-34-19-22-9-3-2-4-10-22/h2-15,18H,16-17,19-20H2,1H3,(H,30,32)(H,31,33). The Hall–Kier alpha value is -4.16. The summed E-state index contributed by atoms with van der Waals surface area (Å²) in [6, 6.07) is 28.5. The normalized spacial score (nSPS) is 10.7. The summed E-state index contributed by atoms with van der Waals surface area (Å²) in [4.78, 5) is 25.2. The molecule has 0 fully saturated rings. The maximum Gasteiger partial charge on any atom is 0.258 e. The van der Waals surface area contributed by atoms with E-state index in [0.717, 1.165) is 27.6 Å². The first-order chi connectivity index (χ1) is 17.1. The Bertz CT molecular complexity index is 1300. The maximum atomic E-state index is 13.0. The minimum Gasteiger partial charge on any atom is -0.483 e. The molecule has 4 aromatic carbocycles. The molecule has 0 atom stereocenters. The van der Waals surface area contributed by atoms with E-state index in [1.165, 1.54) is 0 Å². The summed E-state index contributed by atoms with van der Waals surface area (Å²) in [5.74, 6) is 0.105. The lowest BCUT2D eigenvalue weighted by atomic mass is 10.0. The minimum atomic E-state index is -0.237. The molecule has 4 rings (SSSR count). The van der Waals surface area contributed by atoms with E-state index in [1.807, 2.05) is 85.8 Å². The van der Waals surface area contributed by atoms with Crippen molar-refractivity contribution in [1.82, 2.24) is 5.32 Å². The van der Waals surface area contributed by atoms with Gasteiger partial charge in [0.25, 0.3) is 11.8 Å². The number of nitrogens with one attached hydrogen (secondary N) is 2. The molecule has 0 aromatic heterocycles. The van der Waals surface area contributed by atoms with Crippen molar-refractivity contribution in [2.45, 2.75) is 13.5 Å². The topological polar surface area (TPSA) is 76.7 Å². The lowest BCUT2D eigenvalue weighted by Crippen LogP contribution is -2.31. The van der Waals surface area contributed by atoms with Crippen LogP contribution in [0.3, 0.4) is 0 Å². The number of anilines is 1. The highest BCUT2D eigenvalue weighted by atomic mass is 16.5. The van der Waals surface area contributed by atoms with E-state index in [9.17, 15) is 9.59 Å². The molecular weight excluding hydrogens is 440 g/mol. The second-order valence-corrected chi connectivity index (χ2v) is 8.16. The molecule has 35 heavy (non-hydrogen) atoms. The van der Waals surface area contributed by atoms with Crippen LogP contribution in [0.5, 0.6) is 5.75 Å². The number of fused-ring (bicyclic) bond motifs is 1. The first-order valence-electron chi connectivity index (χ1n) is 11.5. The minimum absolute atomic E-state index is 0.127. The molecule has 0 saturated carbocycles. The molecule has 0 radical (unpaired) electrons. The van der Waals surface area contributed by atoms with Gasteiger partial charge in [0.15, 0.2) is 6.61 Å². The molecule has 0 aliphatic rings. The number of carbonyl (C=O) groups is 2. The first-order valence-corrected chi connectivity index (χ1v) is 11.5. The molecule has 0 bridgehead atoms. The van der Waals surface area contributed by atoms with Crippen LogP contribution in [0, 0.1) is 6.92 Å². The Balaban J connectivity index is 1.32. The largest absolute Gasteiger partial charge is 0.483 e. The Morgan fingerprint density at radius 1 is 0.829 bits per heavy atom. The van der Waals surface area contributed by atoms with Crippen LogP contribution in [0.25, 0.3) is 10.8 Å². The Morgan fingerprint density at radius 3 is 2.40 bits per heavy atom. The number of aryl methyl sites for hydroxylation is 1. The van der Waals surface area contributed by atoms with Gasteiger partial charge in [0.2, 0.25) is 0 Å². The number of hydrogen-bond donors (Lipinski definition) is 2. The predicted molar refractivity (Wildman–Crippen MR) is 138 cm³/mol. The second kappa shape index (κ2) is 11.8. The highest BCUT2D eigenvalue weighted by molar-refractivity contribution is 6.14. The Kier molecular flexibility index (Phi) is 8.09. The fourth-order valence-corrected chi connectivity index (χ4v) is 3.74. The molecule has 0 unspecified atom stereocenters. The highest BCUT2D eigenvalue weighted by Crippen LogP contribution is 2.29. The third-order valence-corrected chi connectivity index (χ3v) is 5.44. The van der Waals surface area contributed by atoms with Gasteiger partial charge < -0.3 is 20.1 Å². The monoisotopic (exact) mass is 468 g/mol. The molecule has 0 spiro atoms. The summed E-state index contributed by atoms with van der Waals surface area (Å²) >= 11 is 0. The molecule has 0 aliphatic heterocycles. The number of amides is 2. The van der Waals surface area contributed by atoms with Crippen molar-refractivity contribution in [2.75, 3.05) is 25.1 Å². The van der Waals surface area contributed by atoms with Crippen molar-refractivity contribution in [2.24, 2.45) is 0 Å². The van der Waals surface area contributed by atoms with Gasteiger partial charge in [0.1, 0.15) is 5.75 Å². The van der Waals surface area contributed by atoms with Gasteiger partial charge in [-0.3, -0.25) is 9.59 Å². The maximum absolute atomic E-state index is 13.0. The van der Waals surface area contributed by atoms with Gasteiger partial charge in [0, 0.05) is 23.2 Å². The smallest absolute Gasteiger partial charge is 0.258 e. The SMILES string of the molecule is Cc1cccc(NC(=O)c2ccc(OCC(=O)NCCOCc3ccccc3)c3ccccc23)c1. The molecule has 2 amide bonds. The fourth-order valence-electron chi connectivity index (χ4n) is 3.74. The van der Waals surface area contributed by atoms with E-state index >= 15 is 0 Å². The molecule has 4 aromatic rings. The van der Waals surface area contributed by atoms with Crippen LogP contribution in [0.15, 0.2) is 91.0 Å². The summed E-state index contributed by atoms with van der Waals surface area (Å²) < 4.78 is 11.4. The quantitative estimate of drug-likeness (QED) is 0.317. The number of carbonyl (C=O) groups excluding carboxylic acids is 2. The van der Waals surface area contributed by atoms with E-state index in [1.54, 1.807) is 12.1 Å². The second-order valence-electron chi connectivity index (χ2n) is 8.16. The predicted octanol–water partition coefficient (Wildman–Crippen LogP) is 5.11. The van der Waals surface area contributed by atoms with Crippen LogP contribution in [-0.4, -0.2) is 31.6 Å². The van der Waals surface area contributed by atoms with Gasteiger partial charge in [-0.1, -0.05) is 66.7 Å². The summed E-state index contributed by atoms with van der Waals surface area (Å²) in [6.07, 6.45) is 0. The first kappa shape index (κ1) is 24.0. The zero-order chi connectivity index (χ0) is 24.5. The van der Waals surface area contributed by atoms with Crippen molar-refractivity contribution in [3.8, 4) is 5.75 Å². The van der Waals surface area contributed by atoms with E-state index in [2.05, 4.69) is 10.6 Å². The van der Waals surface area contributed by atoms with Crippen LogP contribution in [0.2, 0.25) is 0 Å². The Morgan fingerprint density at radius 2 is 1.60 bits per heavy atom. The lowest BCUT2D eigenvalue weighted by molar-refractivity contribution is -0.123. The third kappa shape index (κ3) is 6.68. The van der Waals surface area contributed by atoms with Crippen LogP contribution in [0.1, 0.15) is 21.5 Å². The van der Waals surface area contributed by atoms with Gasteiger partial charge in [-0.2, -0.15) is 0 Å². The molecule has 6 heteroatoms. The van der Waals surface area contributed by atoms with Gasteiger partial charge in [0.05, 0.1) is 13.2 Å². The molecule has 0 aliphatic carbocycles. The van der Waals surface area contributed by atoms with Gasteiger partial charge in [-0.25, -0.2) is 0 Å². The van der Waals surface area contributed by atoms with Crippen LogP contribution >= 0.6 is 0 Å². The molecular formula is C29H28N2O4. The summed E-state index contributed by atoms with van der Waals surface area (Å²) in [6.45, 7) is 3.16. The number of rotatable bonds is 10. The van der Waals surface area contributed by atoms with Crippen molar-refractivity contribution in [1.29, 1.82) is 0 Å². The van der Waals surface area contributed by atoms with Crippen LogP contribution in [0.4, 0.5) is 5.69 Å². The number of hydrogen-bond acceptors (Lipinski definition) is 4. The average Bonchev–Trinajstić information content (AvgIpc) is 2.87. The van der Waals surface area contributed by atoms with Gasteiger partial charge in [-0.05, 0) is 47.7 Å². The highest BCUT2D eigenvalue weighted by Gasteiger charge is 2.14. The third-order valence-electron chi connectivity index (χ3n) is 5.44. The van der Waals surface area contributed by atoms with E-state index in [-0.39, 0.29) is 18.4 Å². The molecule has 2 N–H and O–H groups in total. The summed E-state index contributed by atoms with van der Waals surface area (Å²) in [5, 5.41) is 7.27. The van der Waals surface area contributed by atoms with Crippen molar-refractivity contribution in [3.63, 3.8) is 0 Å². The molecule has 0 heterocycles. The van der Waals surface area contributed by atoms with Gasteiger partial charge >= 0.3 is 0 Å². The molecule has 178 valence electrons. The van der Waals surface area contributed by atoms with Crippen molar-refractivity contribution < 1.29 is 19.1 Å². The fraction of sp³-hybridized carbons (Fsp3) is 0.172. The number of ether oxygens (including phenoxy) is 2. The summed E-state index contributed by atoms with van der Waals surface area (Å²) in [7, 11) is 0. The summed E-state index contributed by atoms with van der Waals surface area (Å²) in [5.41, 5.74) is 3.43. The molecule has 6 nitrogen and oxygen atoms in total. The van der Waals surface area contributed by atoms with Crippen molar-refractivity contribution >= 4 is 28.3 Å². The van der Waals surface area contributed by atoms with E-state index < -0.39 is 0 Å². The average molecular weight is 469 g/mol.